The number of unbranched alkanes of at least 4 members (excludes halogenated alkanes) is 1. The van der Waals surface area contributed by atoms with Crippen LogP contribution in [0.1, 0.15) is 49.5 Å². The van der Waals surface area contributed by atoms with E-state index in [9.17, 15) is 9.59 Å². The van der Waals surface area contributed by atoms with Gasteiger partial charge in [0.2, 0.25) is 0 Å². The zero-order chi connectivity index (χ0) is 21.9. The lowest BCUT2D eigenvalue weighted by Gasteiger charge is -2.20. The molecule has 7 heteroatoms. The third-order valence-electron chi connectivity index (χ3n) is 4.37. The van der Waals surface area contributed by atoms with Crippen LogP contribution in [-0.2, 0) is 4.79 Å². The number of ether oxygens (including phenoxy) is 1. The smallest absolute Gasteiger partial charge is 0.262 e. The number of benzene rings is 2. The van der Waals surface area contributed by atoms with E-state index in [1.165, 1.54) is 6.21 Å². The Labute approximate surface area is 182 Å². The monoisotopic (exact) mass is 429 g/mol. The predicted molar refractivity (Wildman–Crippen MR) is 120 cm³/mol. The number of hydrazone groups is 1. The van der Waals surface area contributed by atoms with E-state index in [1.807, 2.05) is 38.1 Å². The summed E-state index contributed by atoms with van der Waals surface area (Å²) in [4.78, 5) is 25.1. The van der Waals surface area contributed by atoms with Crippen LogP contribution in [0, 0.1) is 5.92 Å². The van der Waals surface area contributed by atoms with E-state index >= 15 is 0 Å². The predicted octanol–water partition coefficient (Wildman–Crippen LogP) is 4.42. The number of hydrogen-bond acceptors (Lipinski definition) is 4. The van der Waals surface area contributed by atoms with Gasteiger partial charge in [-0.05, 0) is 42.2 Å². The number of rotatable bonds is 10. The molecule has 0 bridgehead atoms. The fourth-order valence-corrected chi connectivity index (χ4v) is 2.88. The SMILES string of the molecule is CCCCOc1cccc(/C=N/NC(=O)C(NC(=O)c2ccccc2Cl)C(C)C)c1. The van der Waals surface area contributed by atoms with Crippen LogP contribution in [-0.4, -0.2) is 30.7 Å². The molecule has 0 aliphatic carbocycles. The molecule has 2 amide bonds. The van der Waals surface area contributed by atoms with Gasteiger partial charge in [-0.2, -0.15) is 5.10 Å². The summed E-state index contributed by atoms with van der Waals surface area (Å²) in [6.07, 6.45) is 3.60. The minimum absolute atomic E-state index is 0.137. The van der Waals surface area contributed by atoms with E-state index in [-0.39, 0.29) is 5.92 Å². The Hall–Kier alpha value is -2.86. The molecule has 2 aromatic carbocycles. The number of amides is 2. The molecule has 0 saturated carbocycles. The average molecular weight is 430 g/mol. The van der Waals surface area contributed by atoms with Crippen molar-refractivity contribution in [1.29, 1.82) is 0 Å². The van der Waals surface area contributed by atoms with E-state index in [0.717, 1.165) is 24.2 Å². The molecular formula is C23H28ClN3O3. The summed E-state index contributed by atoms with van der Waals surface area (Å²) >= 11 is 6.07. The van der Waals surface area contributed by atoms with Gasteiger partial charge in [-0.15, -0.1) is 0 Å². The second-order valence-electron chi connectivity index (χ2n) is 7.18. The summed E-state index contributed by atoms with van der Waals surface area (Å²) in [5.41, 5.74) is 3.61. The number of carbonyl (C=O) groups is 2. The average Bonchev–Trinajstić information content (AvgIpc) is 2.72. The second kappa shape index (κ2) is 12.0. The van der Waals surface area contributed by atoms with Gasteiger partial charge in [0.1, 0.15) is 11.8 Å². The van der Waals surface area contributed by atoms with E-state index in [0.29, 0.717) is 17.2 Å². The lowest BCUT2D eigenvalue weighted by Crippen LogP contribution is -2.48. The lowest BCUT2D eigenvalue weighted by molar-refractivity contribution is -0.123. The fourth-order valence-electron chi connectivity index (χ4n) is 2.66. The summed E-state index contributed by atoms with van der Waals surface area (Å²) in [6, 6.07) is 13.4. The summed E-state index contributed by atoms with van der Waals surface area (Å²) < 4.78 is 5.67. The maximum Gasteiger partial charge on any atom is 0.262 e. The van der Waals surface area contributed by atoms with Crippen LogP contribution in [0.15, 0.2) is 53.6 Å². The highest BCUT2D eigenvalue weighted by molar-refractivity contribution is 6.33. The van der Waals surface area contributed by atoms with E-state index in [4.69, 9.17) is 16.3 Å². The molecule has 0 heterocycles. The Morgan fingerprint density at radius 3 is 2.63 bits per heavy atom. The molecule has 30 heavy (non-hydrogen) atoms. The van der Waals surface area contributed by atoms with Crippen LogP contribution < -0.4 is 15.5 Å². The number of hydrogen-bond donors (Lipinski definition) is 2. The Bertz CT molecular complexity index is 884. The third-order valence-corrected chi connectivity index (χ3v) is 4.70. The van der Waals surface area contributed by atoms with Crippen molar-refractivity contribution in [2.24, 2.45) is 11.0 Å². The summed E-state index contributed by atoms with van der Waals surface area (Å²) in [7, 11) is 0. The van der Waals surface area contributed by atoms with E-state index in [1.54, 1.807) is 24.3 Å². The van der Waals surface area contributed by atoms with Gasteiger partial charge in [0.15, 0.2) is 0 Å². The van der Waals surface area contributed by atoms with Crippen molar-refractivity contribution in [2.75, 3.05) is 6.61 Å². The standard InChI is InChI=1S/C23H28ClN3O3/c1-4-5-13-30-18-10-8-9-17(14-18)15-25-27-23(29)21(16(2)3)26-22(28)19-11-6-7-12-20(19)24/h6-12,14-16,21H,4-5,13H2,1-3H3,(H,26,28)(H,27,29)/b25-15+. The summed E-state index contributed by atoms with van der Waals surface area (Å²) in [6.45, 7) is 6.46. The number of carbonyl (C=O) groups excluding carboxylic acids is 2. The molecule has 0 aliphatic heterocycles. The van der Waals surface area contributed by atoms with Crippen molar-refractivity contribution < 1.29 is 14.3 Å². The first-order valence-electron chi connectivity index (χ1n) is 10.0. The van der Waals surface area contributed by atoms with Gasteiger partial charge in [0.05, 0.1) is 23.4 Å². The largest absolute Gasteiger partial charge is 0.494 e. The Morgan fingerprint density at radius 1 is 1.17 bits per heavy atom. The molecule has 2 N–H and O–H groups in total. The molecule has 0 radical (unpaired) electrons. The minimum Gasteiger partial charge on any atom is -0.494 e. The van der Waals surface area contributed by atoms with Crippen molar-refractivity contribution in [3.8, 4) is 5.75 Å². The highest BCUT2D eigenvalue weighted by Crippen LogP contribution is 2.16. The molecule has 6 nitrogen and oxygen atoms in total. The molecule has 2 aromatic rings. The van der Waals surface area contributed by atoms with Crippen LogP contribution in [0.5, 0.6) is 5.75 Å². The fraction of sp³-hybridized carbons (Fsp3) is 0.348. The topological polar surface area (TPSA) is 79.8 Å². The van der Waals surface area contributed by atoms with Crippen LogP contribution in [0.2, 0.25) is 5.02 Å². The van der Waals surface area contributed by atoms with Crippen LogP contribution in [0.4, 0.5) is 0 Å². The van der Waals surface area contributed by atoms with Crippen molar-refractivity contribution in [2.45, 2.75) is 39.7 Å². The molecule has 0 saturated heterocycles. The number of nitrogens with zero attached hydrogens (tertiary/aromatic N) is 1. The first-order valence-corrected chi connectivity index (χ1v) is 10.4. The molecule has 0 aliphatic rings. The maximum absolute atomic E-state index is 12.6. The van der Waals surface area contributed by atoms with Gasteiger partial charge >= 0.3 is 0 Å². The van der Waals surface area contributed by atoms with Crippen molar-refractivity contribution in [1.82, 2.24) is 10.7 Å². The number of nitrogens with one attached hydrogen (secondary N) is 2. The van der Waals surface area contributed by atoms with Gasteiger partial charge < -0.3 is 10.1 Å². The van der Waals surface area contributed by atoms with Gasteiger partial charge in [-0.25, -0.2) is 5.43 Å². The van der Waals surface area contributed by atoms with Gasteiger partial charge in [0, 0.05) is 0 Å². The number of halogens is 1. The normalized spacial score (nSPS) is 12.0. The molecule has 1 unspecified atom stereocenters. The Kier molecular flexibility index (Phi) is 9.35. The summed E-state index contributed by atoms with van der Waals surface area (Å²) in [5.74, 6) is -0.194. The van der Waals surface area contributed by atoms with E-state index in [2.05, 4.69) is 22.8 Å². The molecular weight excluding hydrogens is 402 g/mol. The molecule has 0 spiro atoms. The van der Waals surface area contributed by atoms with E-state index < -0.39 is 17.9 Å². The van der Waals surface area contributed by atoms with Crippen molar-refractivity contribution in [3.05, 3.63) is 64.7 Å². The van der Waals surface area contributed by atoms with Gasteiger partial charge in [0.25, 0.3) is 11.8 Å². The Balaban J connectivity index is 1.97. The van der Waals surface area contributed by atoms with Crippen molar-refractivity contribution >= 4 is 29.6 Å². The van der Waals surface area contributed by atoms with Crippen LogP contribution >= 0.6 is 11.6 Å². The van der Waals surface area contributed by atoms with Gasteiger partial charge in [-0.1, -0.05) is 63.1 Å². The van der Waals surface area contributed by atoms with Gasteiger partial charge in [-0.3, -0.25) is 9.59 Å². The molecule has 0 aromatic heterocycles. The summed E-state index contributed by atoms with van der Waals surface area (Å²) in [5, 5.41) is 7.08. The zero-order valence-corrected chi connectivity index (χ0v) is 18.3. The van der Waals surface area contributed by atoms with Crippen LogP contribution in [0.25, 0.3) is 0 Å². The highest BCUT2D eigenvalue weighted by Gasteiger charge is 2.25. The first-order chi connectivity index (χ1) is 14.4. The second-order valence-corrected chi connectivity index (χ2v) is 7.59. The van der Waals surface area contributed by atoms with Crippen molar-refractivity contribution in [3.63, 3.8) is 0 Å². The maximum atomic E-state index is 12.6. The van der Waals surface area contributed by atoms with Crippen LogP contribution in [0.3, 0.4) is 0 Å². The molecule has 2 rings (SSSR count). The first kappa shape index (κ1) is 23.4. The lowest BCUT2D eigenvalue weighted by atomic mass is 10.0. The zero-order valence-electron chi connectivity index (χ0n) is 17.5. The molecule has 0 fully saturated rings. The minimum atomic E-state index is -0.755. The third kappa shape index (κ3) is 7.19. The quantitative estimate of drug-likeness (QED) is 0.333. The molecule has 160 valence electrons. The highest BCUT2D eigenvalue weighted by atomic mass is 35.5. The molecule has 1 atom stereocenters. The Morgan fingerprint density at radius 2 is 1.93 bits per heavy atom.